The van der Waals surface area contributed by atoms with Crippen LogP contribution < -0.4 is 15.6 Å². The van der Waals surface area contributed by atoms with Gasteiger partial charge >= 0.3 is 0 Å². The number of carbonyl (C=O) groups excluding carboxylic acids is 1. The fourth-order valence-electron chi connectivity index (χ4n) is 3.26. The van der Waals surface area contributed by atoms with Crippen molar-refractivity contribution in [3.8, 4) is 11.4 Å². The summed E-state index contributed by atoms with van der Waals surface area (Å²) in [5.74, 6) is 0.781. The number of nitrogens with zero attached hydrogens (tertiary/aromatic N) is 2. The zero-order chi connectivity index (χ0) is 22.5. The zero-order valence-electron chi connectivity index (χ0n) is 17.9. The number of hydrogen-bond acceptors (Lipinski definition) is 5. The van der Waals surface area contributed by atoms with Crippen LogP contribution in [0.15, 0.2) is 82.7 Å². The Hall–Kier alpha value is -3.58. The smallest absolute Gasteiger partial charge is 0.266 e. The maximum atomic E-state index is 13.2. The van der Waals surface area contributed by atoms with Crippen molar-refractivity contribution in [1.82, 2.24) is 14.9 Å². The van der Waals surface area contributed by atoms with Gasteiger partial charge in [0.1, 0.15) is 5.75 Å². The lowest BCUT2D eigenvalue weighted by Crippen LogP contribution is -2.26. The number of rotatable bonds is 7. The summed E-state index contributed by atoms with van der Waals surface area (Å²) < 4.78 is 6.72. The molecule has 6 nitrogen and oxygen atoms in total. The van der Waals surface area contributed by atoms with Crippen LogP contribution in [0.5, 0.6) is 5.75 Å². The van der Waals surface area contributed by atoms with E-state index >= 15 is 0 Å². The Labute approximate surface area is 190 Å². The van der Waals surface area contributed by atoms with E-state index in [2.05, 4.69) is 10.3 Å². The lowest BCUT2D eigenvalue weighted by atomic mass is 10.2. The maximum Gasteiger partial charge on any atom is 0.266 e. The highest BCUT2D eigenvalue weighted by Crippen LogP contribution is 2.21. The average Bonchev–Trinajstić information content (AvgIpc) is 2.82. The number of nitrogens with one attached hydrogen (secondary N) is 1. The Balaban J connectivity index is 1.55. The standard InChI is InChI=1S/C25H23N3O3S/c1-17-7-11-19(12-8-17)28-24(30)21-5-3-4-6-22(21)27-25(28)32-16-23(29)26-15-18-9-13-20(31-2)14-10-18/h3-14H,15-16H2,1-2H3,(H,26,29). The molecular formula is C25H23N3O3S. The molecule has 3 aromatic carbocycles. The van der Waals surface area contributed by atoms with Crippen LogP contribution in [-0.2, 0) is 11.3 Å². The molecule has 0 aliphatic heterocycles. The summed E-state index contributed by atoms with van der Waals surface area (Å²) in [5.41, 5.74) is 3.26. The third-order valence-corrected chi connectivity index (χ3v) is 5.96. The molecule has 0 spiro atoms. The normalized spacial score (nSPS) is 10.8. The topological polar surface area (TPSA) is 73.2 Å². The molecule has 0 aliphatic carbocycles. The summed E-state index contributed by atoms with van der Waals surface area (Å²) >= 11 is 1.24. The van der Waals surface area contributed by atoms with Crippen molar-refractivity contribution in [2.24, 2.45) is 0 Å². The van der Waals surface area contributed by atoms with Gasteiger partial charge in [-0.2, -0.15) is 0 Å². The van der Waals surface area contributed by atoms with Gasteiger partial charge in [-0.1, -0.05) is 53.7 Å². The first kappa shape index (κ1) is 21.6. The van der Waals surface area contributed by atoms with Gasteiger partial charge in [0.25, 0.3) is 5.56 Å². The number of carbonyl (C=O) groups is 1. The first-order valence-corrected chi connectivity index (χ1v) is 11.1. The van der Waals surface area contributed by atoms with Crippen molar-refractivity contribution < 1.29 is 9.53 Å². The number of methoxy groups -OCH3 is 1. The van der Waals surface area contributed by atoms with Crippen molar-refractivity contribution in [1.29, 1.82) is 0 Å². The SMILES string of the molecule is COc1ccc(CNC(=O)CSc2nc3ccccc3c(=O)n2-c2ccc(C)cc2)cc1. The van der Waals surface area contributed by atoms with Crippen LogP contribution in [0.25, 0.3) is 16.6 Å². The molecular weight excluding hydrogens is 422 g/mol. The van der Waals surface area contributed by atoms with Gasteiger partial charge in [-0.05, 0) is 48.9 Å². The van der Waals surface area contributed by atoms with Gasteiger partial charge < -0.3 is 10.1 Å². The summed E-state index contributed by atoms with van der Waals surface area (Å²) in [5, 5.41) is 3.94. The van der Waals surface area contributed by atoms with Crippen LogP contribution in [0, 0.1) is 6.92 Å². The first-order chi connectivity index (χ1) is 15.5. The number of amides is 1. The van der Waals surface area contributed by atoms with Gasteiger partial charge in [-0.25, -0.2) is 4.98 Å². The van der Waals surface area contributed by atoms with E-state index in [0.29, 0.717) is 22.6 Å². The van der Waals surface area contributed by atoms with Crippen LogP contribution in [-0.4, -0.2) is 28.3 Å². The molecule has 0 bridgehead atoms. The Morgan fingerprint density at radius 3 is 2.47 bits per heavy atom. The highest BCUT2D eigenvalue weighted by Gasteiger charge is 2.14. The summed E-state index contributed by atoms with van der Waals surface area (Å²) in [6, 6.07) is 22.5. The second-order valence-electron chi connectivity index (χ2n) is 7.30. The fourth-order valence-corrected chi connectivity index (χ4v) is 4.10. The van der Waals surface area contributed by atoms with E-state index in [1.54, 1.807) is 17.7 Å². The third-order valence-electron chi connectivity index (χ3n) is 5.02. The lowest BCUT2D eigenvalue weighted by molar-refractivity contribution is -0.118. The molecule has 32 heavy (non-hydrogen) atoms. The van der Waals surface area contributed by atoms with Crippen LogP contribution in [0.3, 0.4) is 0 Å². The number of thioether (sulfide) groups is 1. The van der Waals surface area contributed by atoms with Crippen molar-refractivity contribution in [2.75, 3.05) is 12.9 Å². The van der Waals surface area contributed by atoms with E-state index in [4.69, 9.17) is 4.74 Å². The number of hydrogen-bond donors (Lipinski definition) is 1. The molecule has 0 saturated carbocycles. The molecule has 1 amide bonds. The van der Waals surface area contributed by atoms with Crippen LogP contribution in [0.4, 0.5) is 0 Å². The predicted octanol–water partition coefficient (Wildman–Crippen LogP) is 4.11. The molecule has 0 radical (unpaired) electrons. The molecule has 1 aromatic heterocycles. The Kier molecular flexibility index (Phi) is 6.56. The molecule has 162 valence electrons. The van der Waals surface area contributed by atoms with E-state index in [1.165, 1.54) is 11.8 Å². The molecule has 4 rings (SSSR count). The van der Waals surface area contributed by atoms with Crippen LogP contribution >= 0.6 is 11.8 Å². The molecule has 1 N–H and O–H groups in total. The largest absolute Gasteiger partial charge is 0.497 e. The number of para-hydroxylation sites is 1. The second-order valence-corrected chi connectivity index (χ2v) is 8.24. The number of aryl methyl sites for hydroxylation is 1. The average molecular weight is 446 g/mol. The number of fused-ring (bicyclic) bond motifs is 1. The predicted molar refractivity (Wildman–Crippen MR) is 128 cm³/mol. The van der Waals surface area contributed by atoms with E-state index < -0.39 is 0 Å². The van der Waals surface area contributed by atoms with Gasteiger partial charge in [-0.3, -0.25) is 14.2 Å². The minimum absolute atomic E-state index is 0.135. The summed E-state index contributed by atoms with van der Waals surface area (Å²) in [6.45, 7) is 2.41. The van der Waals surface area contributed by atoms with Gasteiger partial charge in [0.2, 0.25) is 5.91 Å². The van der Waals surface area contributed by atoms with E-state index in [1.807, 2.05) is 73.7 Å². The van der Waals surface area contributed by atoms with Gasteiger partial charge in [0, 0.05) is 6.54 Å². The summed E-state index contributed by atoms with van der Waals surface area (Å²) in [7, 11) is 1.62. The Bertz CT molecular complexity index is 1300. The lowest BCUT2D eigenvalue weighted by Gasteiger charge is -2.13. The highest BCUT2D eigenvalue weighted by atomic mass is 32.2. The van der Waals surface area contributed by atoms with Crippen molar-refractivity contribution in [3.63, 3.8) is 0 Å². The van der Waals surface area contributed by atoms with Gasteiger partial charge in [0.15, 0.2) is 5.16 Å². The summed E-state index contributed by atoms with van der Waals surface area (Å²) in [4.78, 5) is 30.4. The highest BCUT2D eigenvalue weighted by molar-refractivity contribution is 7.99. The molecule has 1 heterocycles. The number of aromatic nitrogens is 2. The molecule has 0 aliphatic rings. The fraction of sp³-hybridized carbons (Fsp3) is 0.160. The molecule has 0 fully saturated rings. The first-order valence-electron chi connectivity index (χ1n) is 10.2. The second kappa shape index (κ2) is 9.70. The molecule has 0 atom stereocenters. The Morgan fingerprint density at radius 2 is 1.75 bits per heavy atom. The molecule has 7 heteroatoms. The van der Waals surface area contributed by atoms with Crippen molar-refractivity contribution in [3.05, 3.63) is 94.3 Å². The minimum atomic E-state index is -0.152. The maximum absolute atomic E-state index is 13.2. The van der Waals surface area contributed by atoms with Crippen molar-refractivity contribution in [2.45, 2.75) is 18.6 Å². The molecule has 0 saturated heterocycles. The van der Waals surface area contributed by atoms with E-state index in [9.17, 15) is 9.59 Å². The van der Waals surface area contributed by atoms with E-state index in [-0.39, 0.29) is 17.2 Å². The van der Waals surface area contributed by atoms with Crippen molar-refractivity contribution >= 4 is 28.6 Å². The zero-order valence-corrected chi connectivity index (χ0v) is 18.7. The molecule has 0 unspecified atom stereocenters. The number of ether oxygens (including phenoxy) is 1. The Morgan fingerprint density at radius 1 is 1.03 bits per heavy atom. The molecule has 4 aromatic rings. The number of benzene rings is 3. The van der Waals surface area contributed by atoms with Gasteiger partial charge in [-0.15, -0.1) is 0 Å². The monoisotopic (exact) mass is 445 g/mol. The minimum Gasteiger partial charge on any atom is -0.497 e. The summed E-state index contributed by atoms with van der Waals surface area (Å²) in [6.07, 6.45) is 0. The van der Waals surface area contributed by atoms with E-state index in [0.717, 1.165) is 22.6 Å². The van der Waals surface area contributed by atoms with Gasteiger partial charge in [0.05, 0.1) is 29.5 Å². The quantitative estimate of drug-likeness (QED) is 0.342. The third kappa shape index (κ3) is 4.84. The van der Waals surface area contributed by atoms with Crippen LogP contribution in [0.2, 0.25) is 0 Å². The van der Waals surface area contributed by atoms with Crippen LogP contribution in [0.1, 0.15) is 11.1 Å².